The SMILES string of the molecule is C=C(CO[C@@H]1O[C@H](COC(C)=O)[C@H](OC(C)=O)[C@H](OC(C)=O)[C@H]1OC(C)=O)CSCCC(=O)OC. The molecule has 1 heterocycles. The van der Waals surface area contributed by atoms with Crippen molar-refractivity contribution in [3.8, 4) is 0 Å². The Morgan fingerprint density at radius 2 is 1.43 bits per heavy atom. The molecule has 5 atom stereocenters. The van der Waals surface area contributed by atoms with Gasteiger partial charge in [0.25, 0.3) is 0 Å². The molecule has 1 aliphatic rings. The summed E-state index contributed by atoms with van der Waals surface area (Å²) in [5.41, 5.74) is 0.632. The summed E-state index contributed by atoms with van der Waals surface area (Å²) in [6, 6.07) is 0. The number of carbonyl (C=O) groups is 5. The van der Waals surface area contributed by atoms with Crippen LogP contribution in [0.15, 0.2) is 12.2 Å². The van der Waals surface area contributed by atoms with Crippen molar-refractivity contribution in [2.45, 2.75) is 64.8 Å². The van der Waals surface area contributed by atoms with Crippen molar-refractivity contribution in [1.82, 2.24) is 0 Å². The molecule has 35 heavy (non-hydrogen) atoms. The molecule has 0 aromatic rings. The Kier molecular flexibility index (Phi) is 13.3. The minimum Gasteiger partial charge on any atom is -0.469 e. The zero-order chi connectivity index (χ0) is 26.5. The summed E-state index contributed by atoms with van der Waals surface area (Å²) in [7, 11) is 1.31. The van der Waals surface area contributed by atoms with Gasteiger partial charge in [0.15, 0.2) is 24.6 Å². The molecule has 0 radical (unpaired) electrons. The van der Waals surface area contributed by atoms with E-state index in [-0.39, 0.29) is 25.6 Å². The highest BCUT2D eigenvalue weighted by Gasteiger charge is 2.52. The Morgan fingerprint density at radius 1 is 0.857 bits per heavy atom. The average molecular weight is 521 g/mol. The molecular weight excluding hydrogens is 488 g/mol. The molecule has 1 saturated heterocycles. The Labute approximate surface area is 207 Å². The Hall–Kier alpha value is -2.64. The fourth-order valence-electron chi connectivity index (χ4n) is 3.04. The molecule has 12 nitrogen and oxygen atoms in total. The van der Waals surface area contributed by atoms with Crippen LogP contribution in [0.25, 0.3) is 0 Å². The quantitative estimate of drug-likeness (QED) is 0.147. The molecule has 0 aromatic carbocycles. The summed E-state index contributed by atoms with van der Waals surface area (Å²) in [4.78, 5) is 57.9. The van der Waals surface area contributed by atoms with Gasteiger partial charge in [-0.2, -0.15) is 11.8 Å². The second kappa shape index (κ2) is 15.4. The molecule has 1 aliphatic heterocycles. The first-order valence-electron chi connectivity index (χ1n) is 10.7. The smallest absolute Gasteiger partial charge is 0.306 e. The molecule has 0 amide bonds. The van der Waals surface area contributed by atoms with Gasteiger partial charge in [0, 0.05) is 39.2 Å². The van der Waals surface area contributed by atoms with E-state index in [0.29, 0.717) is 17.1 Å². The van der Waals surface area contributed by atoms with E-state index in [9.17, 15) is 24.0 Å². The summed E-state index contributed by atoms with van der Waals surface area (Å²) >= 11 is 1.44. The van der Waals surface area contributed by atoms with Crippen LogP contribution < -0.4 is 0 Å². The lowest BCUT2D eigenvalue weighted by Crippen LogP contribution is -2.63. The minimum absolute atomic E-state index is 0.0288. The van der Waals surface area contributed by atoms with Gasteiger partial charge in [-0.1, -0.05) is 6.58 Å². The monoisotopic (exact) mass is 520 g/mol. The lowest BCUT2D eigenvalue weighted by atomic mass is 9.98. The van der Waals surface area contributed by atoms with Crippen LogP contribution >= 0.6 is 11.8 Å². The molecule has 198 valence electrons. The molecule has 1 fully saturated rings. The van der Waals surface area contributed by atoms with Gasteiger partial charge in [-0.15, -0.1) is 0 Å². The van der Waals surface area contributed by atoms with Crippen molar-refractivity contribution < 1.29 is 57.1 Å². The van der Waals surface area contributed by atoms with E-state index < -0.39 is 54.6 Å². The lowest BCUT2D eigenvalue weighted by molar-refractivity contribution is -0.306. The summed E-state index contributed by atoms with van der Waals surface area (Å²) < 4.78 is 37.2. The van der Waals surface area contributed by atoms with Gasteiger partial charge in [0.05, 0.1) is 20.1 Å². The van der Waals surface area contributed by atoms with Gasteiger partial charge in [-0.3, -0.25) is 24.0 Å². The zero-order valence-electron chi connectivity index (χ0n) is 20.4. The fourth-order valence-corrected chi connectivity index (χ4v) is 3.87. The predicted octanol–water partition coefficient (Wildman–Crippen LogP) is 0.939. The first-order valence-corrected chi connectivity index (χ1v) is 11.8. The van der Waals surface area contributed by atoms with Crippen molar-refractivity contribution in [1.29, 1.82) is 0 Å². The number of hydrogen-bond acceptors (Lipinski definition) is 13. The van der Waals surface area contributed by atoms with E-state index in [4.69, 9.17) is 28.4 Å². The van der Waals surface area contributed by atoms with Gasteiger partial charge in [-0.25, -0.2) is 0 Å². The van der Waals surface area contributed by atoms with Crippen LogP contribution in [0.4, 0.5) is 0 Å². The predicted molar refractivity (Wildman–Crippen MR) is 121 cm³/mol. The molecule has 0 unspecified atom stereocenters. The summed E-state index contributed by atoms with van der Waals surface area (Å²) in [6.07, 6.45) is -5.97. The maximum Gasteiger partial charge on any atom is 0.306 e. The molecule has 13 heteroatoms. The summed E-state index contributed by atoms with van der Waals surface area (Å²) in [5.74, 6) is -2.13. The third kappa shape index (κ3) is 11.6. The maximum atomic E-state index is 11.8. The first-order chi connectivity index (χ1) is 16.4. The number of esters is 5. The molecule has 0 saturated carbocycles. The van der Waals surface area contributed by atoms with Crippen molar-refractivity contribution >= 4 is 41.6 Å². The molecular formula is C22H32O12S. The summed E-state index contributed by atoms with van der Waals surface area (Å²) in [6.45, 7) is 8.14. The number of ether oxygens (including phenoxy) is 7. The highest BCUT2D eigenvalue weighted by molar-refractivity contribution is 7.99. The number of carbonyl (C=O) groups excluding carboxylic acids is 5. The van der Waals surface area contributed by atoms with Crippen molar-refractivity contribution in [3.05, 3.63) is 12.2 Å². The van der Waals surface area contributed by atoms with Gasteiger partial charge in [-0.05, 0) is 5.57 Å². The highest BCUT2D eigenvalue weighted by Crippen LogP contribution is 2.30. The van der Waals surface area contributed by atoms with Gasteiger partial charge < -0.3 is 33.2 Å². The van der Waals surface area contributed by atoms with Gasteiger partial charge in [0.2, 0.25) is 0 Å². The fraction of sp³-hybridized carbons (Fsp3) is 0.682. The number of rotatable bonds is 13. The molecule has 0 bridgehead atoms. The summed E-state index contributed by atoms with van der Waals surface area (Å²) in [5, 5.41) is 0. The van der Waals surface area contributed by atoms with Crippen LogP contribution in [0.3, 0.4) is 0 Å². The van der Waals surface area contributed by atoms with Gasteiger partial charge >= 0.3 is 29.8 Å². The lowest BCUT2D eigenvalue weighted by Gasteiger charge is -2.44. The van der Waals surface area contributed by atoms with Crippen LogP contribution in [0.1, 0.15) is 34.1 Å². The van der Waals surface area contributed by atoms with Gasteiger partial charge in [0.1, 0.15) is 12.7 Å². The van der Waals surface area contributed by atoms with Crippen LogP contribution in [0.5, 0.6) is 0 Å². The number of thioether (sulfide) groups is 1. The van der Waals surface area contributed by atoms with Crippen LogP contribution in [0, 0.1) is 0 Å². The molecule has 0 spiro atoms. The van der Waals surface area contributed by atoms with Crippen LogP contribution in [-0.2, 0) is 57.1 Å². The van der Waals surface area contributed by atoms with E-state index in [1.807, 2.05) is 0 Å². The van der Waals surface area contributed by atoms with E-state index in [2.05, 4.69) is 11.3 Å². The average Bonchev–Trinajstić information content (AvgIpc) is 2.76. The third-order valence-electron chi connectivity index (χ3n) is 4.38. The first kappa shape index (κ1) is 30.4. The Balaban J connectivity index is 3.03. The zero-order valence-corrected chi connectivity index (χ0v) is 21.3. The third-order valence-corrected chi connectivity index (χ3v) is 5.49. The van der Waals surface area contributed by atoms with E-state index in [1.54, 1.807) is 0 Å². The molecule has 0 aromatic heterocycles. The van der Waals surface area contributed by atoms with E-state index in [1.165, 1.54) is 25.8 Å². The van der Waals surface area contributed by atoms with Crippen LogP contribution in [0.2, 0.25) is 0 Å². The highest BCUT2D eigenvalue weighted by atomic mass is 32.2. The molecule has 0 aliphatic carbocycles. The van der Waals surface area contributed by atoms with E-state index in [0.717, 1.165) is 20.8 Å². The van der Waals surface area contributed by atoms with Crippen LogP contribution in [-0.4, -0.2) is 92.4 Å². The number of methoxy groups -OCH3 is 1. The topological polar surface area (TPSA) is 150 Å². The molecule has 0 N–H and O–H groups in total. The Bertz CT molecular complexity index is 782. The normalized spacial score (nSPS) is 23.5. The number of hydrogen-bond donors (Lipinski definition) is 0. The van der Waals surface area contributed by atoms with Crippen molar-refractivity contribution in [2.24, 2.45) is 0 Å². The van der Waals surface area contributed by atoms with Crippen molar-refractivity contribution in [2.75, 3.05) is 31.8 Å². The second-order valence-corrected chi connectivity index (χ2v) is 8.61. The minimum atomic E-state index is -1.30. The molecule has 1 rings (SSSR count). The Morgan fingerprint density at radius 3 is 1.97 bits per heavy atom. The standard InChI is InChI=1S/C22H32O12S/c1-12(11-35-8-7-18(27)28-6)9-30-22-21(33-16(5)26)20(32-15(4)25)19(31-14(3)24)17(34-22)10-29-13(2)23/h17,19-22H,1,7-11H2,2-6H3/t17-,19+,20+,21-,22-/m1/s1. The second-order valence-electron chi connectivity index (χ2n) is 7.51. The van der Waals surface area contributed by atoms with Crippen molar-refractivity contribution in [3.63, 3.8) is 0 Å². The largest absolute Gasteiger partial charge is 0.469 e. The van der Waals surface area contributed by atoms with E-state index >= 15 is 0 Å². The maximum absolute atomic E-state index is 11.8.